The Morgan fingerprint density at radius 3 is 2.91 bits per heavy atom. The van der Waals surface area contributed by atoms with E-state index in [0.29, 0.717) is 13.2 Å². The van der Waals surface area contributed by atoms with Crippen LogP contribution in [0.3, 0.4) is 0 Å². The normalized spacial score (nSPS) is 11.4. The average molecular weight is 436 g/mol. The van der Waals surface area contributed by atoms with Crippen molar-refractivity contribution in [2.24, 2.45) is 7.05 Å². The van der Waals surface area contributed by atoms with Gasteiger partial charge in [-0.2, -0.15) is 0 Å². The Morgan fingerprint density at radius 1 is 1.28 bits per heavy atom. The predicted molar refractivity (Wildman–Crippen MR) is 127 cm³/mol. The van der Waals surface area contributed by atoms with Gasteiger partial charge in [0.15, 0.2) is 5.82 Å². The number of nitrogens with one attached hydrogen (secondary N) is 3. The van der Waals surface area contributed by atoms with Crippen molar-refractivity contribution in [3.05, 3.63) is 42.2 Å². The third-order valence-electron chi connectivity index (χ3n) is 5.33. The minimum atomic E-state index is -0.401. The second-order valence-electron chi connectivity index (χ2n) is 8.06. The zero-order chi connectivity index (χ0) is 22.7. The van der Waals surface area contributed by atoms with E-state index in [9.17, 15) is 4.79 Å². The Balaban J connectivity index is 1.50. The smallest absolute Gasteiger partial charge is 0.407 e. The molecule has 0 spiro atoms. The molecule has 3 heterocycles. The molecule has 4 aromatic rings. The second kappa shape index (κ2) is 9.27. The molecule has 0 fully saturated rings. The van der Waals surface area contributed by atoms with Crippen molar-refractivity contribution in [2.45, 2.75) is 13.0 Å². The highest BCUT2D eigenvalue weighted by atomic mass is 16.5. The van der Waals surface area contributed by atoms with E-state index in [4.69, 9.17) is 9.72 Å². The van der Waals surface area contributed by atoms with Crippen molar-refractivity contribution >= 4 is 34.0 Å². The molecule has 1 amide bonds. The summed E-state index contributed by atoms with van der Waals surface area (Å²) in [6.07, 6.45) is 2.21. The fourth-order valence-corrected chi connectivity index (χ4v) is 3.75. The number of rotatable bonds is 8. The zero-order valence-electron chi connectivity index (χ0n) is 18.9. The number of carbonyl (C=O) groups is 1. The van der Waals surface area contributed by atoms with Gasteiger partial charge in [-0.1, -0.05) is 18.2 Å². The maximum Gasteiger partial charge on any atom is 0.407 e. The van der Waals surface area contributed by atoms with Crippen LogP contribution in [0.1, 0.15) is 12.0 Å². The molecule has 4 rings (SSSR count). The summed E-state index contributed by atoms with van der Waals surface area (Å²) in [5.74, 6) is 0.739. The highest BCUT2D eigenvalue weighted by molar-refractivity contribution is 6.07. The lowest BCUT2D eigenvalue weighted by Crippen LogP contribution is -2.25. The fraction of sp³-hybridized carbons (Fsp3) is 0.348. The number of H-pyrrole nitrogens is 1. The van der Waals surface area contributed by atoms with Gasteiger partial charge in [0.05, 0.1) is 18.5 Å². The van der Waals surface area contributed by atoms with E-state index in [1.807, 2.05) is 51.0 Å². The Hall–Kier alpha value is -3.59. The highest BCUT2D eigenvalue weighted by Gasteiger charge is 2.15. The molecule has 0 bridgehead atoms. The number of alkyl carbamates (subject to hydrolysis) is 1. The van der Waals surface area contributed by atoms with Gasteiger partial charge in [-0.15, -0.1) is 0 Å². The number of benzene rings is 1. The molecular weight excluding hydrogens is 406 g/mol. The first-order valence-electron chi connectivity index (χ1n) is 10.6. The first-order valence-corrected chi connectivity index (χ1v) is 10.6. The van der Waals surface area contributed by atoms with Gasteiger partial charge in [-0.25, -0.2) is 14.8 Å². The van der Waals surface area contributed by atoms with Crippen molar-refractivity contribution in [3.63, 3.8) is 0 Å². The van der Waals surface area contributed by atoms with E-state index in [0.717, 1.165) is 57.7 Å². The van der Waals surface area contributed by atoms with Crippen molar-refractivity contribution in [2.75, 3.05) is 39.6 Å². The Kier molecular flexibility index (Phi) is 6.27. The standard InChI is InChI=1S/C23H29N7O2/c1-24-22-19-20(30(4)14-26-19)17-12-18(27-21(17)28-22)16-8-5-7-15(11-16)13-25-23(31)32-10-6-9-29(2)3/h5,7-8,11-12,14H,6,9-10,13H2,1-4H3,(H,25,31)(H2,24,27,28). The number of hydrogen-bond donors (Lipinski definition) is 3. The van der Waals surface area contributed by atoms with Crippen molar-refractivity contribution in [1.82, 2.24) is 29.7 Å². The van der Waals surface area contributed by atoms with E-state index >= 15 is 0 Å². The first-order chi connectivity index (χ1) is 15.5. The molecule has 0 aliphatic rings. The van der Waals surface area contributed by atoms with E-state index < -0.39 is 6.09 Å². The van der Waals surface area contributed by atoms with E-state index in [2.05, 4.69) is 37.6 Å². The number of amides is 1. The molecule has 0 radical (unpaired) electrons. The van der Waals surface area contributed by atoms with Crippen LogP contribution in [-0.4, -0.2) is 64.8 Å². The number of aromatic amines is 1. The van der Waals surface area contributed by atoms with Crippen molar-refractivity contribution in [3.8, 4) is 11.3 Å². The van der Waals surface area contributed by atoms with Crippen LogP contribution in [0, 0.1) is 0 Å². The average Bonchev–Trinajstić information content (AvgIpc) is 3.38. The molecule has 3 N–H and O–H groups in total. The topological polar surface area (TPSA) is 100 Å². The van der Waals surface area contributed by atoms with Crippen LogP contribution in [0.25, 0.3) is 33.3 Å². The lowest BCUT2D eigenvalue weighted by molar-refractivity contribution is 0.141. The highest BCUT2D eigenvalue weighted by Crippen LogP contribution is 2.31. The quantitative estimate of drug-likeness (QED) is 0.367. The number of nitrogens with zero attached hydrogens (tertiary/aromatic N) is 4. The third-order valence-corrected chi connectivity index (χ3v) is 5.33. The van der Waals surface area contributed by atoms with E-state index in [1.165, 1.54) is 0 Å². The van der Waals surface area contributed by atoms with Gasteiger partial charge in [0.25, 0.3) is 0 Å². The molecule has 9 heteroatoms. The largest absolute Gasteiger partial charge is 0.450 e. The summed E-state index contributed by atoms with van der Waals surface area (Å²) in [4.78, 5) is 26.6. The lowest BCUT2D eigenvalue weighted by Gasteiger charge is -2.10. The summed E-state index contributed by atoms with van der Waals surface area (Å²) in [6.45, 7) is 1.69. The first kappa shape index (κ1) is 21.6. The van der Waals surface area contributed by atoms with Gasteiger partial charge in [0.1, 0.15) is 11.2 Å². The number of ether oxygens (including phenoxy) is 1. The molecule has 0 saturated carbocycles. The van der Waals surface area contributed by atoms with Crippen LogP contribution in [0.5, 0.6) is 0 Å². The maximum absolute atomic E-state index is 11.9. The van der Waals surface area contributed by atoms with Gasteiger partial charge >= 0.3 is 6.09 Å². The number of pyridine rings is 1. The van der Waals surface area contributed by atoms with Crippen LogP contribution in [-0.2, 0) is 18.3 Å². The minimum Gasteiger partial charge on any atom is -0.450 e. The monoisotopic (exact) mass is 435 g/mol. The van der Waals surface area contributed by atoms with Crippen molar-refractivity contribution in [1.29, 1.82) is 0 Å². The number of imidazole rings is 1. The summed E-state index contributed by atoms with van der Waals surface area (Å²) < 4.78 is 7.23. The molecule has 1 aromatic carbocycles. The summed E-state index contributed by atoms with van der Waals surface area (Å²) >= 11 is 0. The maximum atomic E-state index is 11.9. The summed E-state index contributed by atoms with van der Waals surface area (Å²) in [5.41, 5.74) is 5.62. The van der Waals surface area contributed by atoms with E-state index in [1.54, 1.807) is 6.33 Å². The van der Waals surface area contributed by atoms with Gasteiger partial charge in [0.2, 0.25) is 0 Å². The number of anilines is 1. The Morgan fingerprint density at radius 2 is 2.12 bits per heavy atom. The molecule has 0 aliphatic heterocycles. The summed E-state index contributed by atoms with van der Waals surface area (Å²) in [6, 6.07) is 10.1. The van der Waals surface area contributed by atoms with Crippen LogP contribution >= 0.6 is 0 Å². The molecule has 0 unspecified atom stereocenters. The van der Waals surface area contributed by atoms with Crippen LogP contribution < -0.4 is 10.6 Å². The Bertz CT molecular complexity index is 1240. The molecular formula is C23H29N7O2. The summed E-state index contributed by atoms with van der Waals surface area (Å²) in [5, 5.41) is 6.95. The number of aryl methyl sites for hydroxylation is 1. The molecule has 9 nitrogen and oxygen atoms in total. The molecule has 0 saturated heterocycles. The molecule has 168 valence electrons. The lowest BCUT2D eigenvalue weighted by atomic mass is 10.1. The van der Waals surface area contributed by atoms with Gasteiger partial charge in [-0.05, 0) is 43.8 Å². The Labute approximate surface area is 186 Å². The zero-order valence-corrected chi connectivity index (χ0v) is 18.9. The SMILES string of the molecule is CNc1nc2[nH]c(-c3cccc(CNC(=O)OCCCN(C)C)c3)cc2c2c1ncn2C. The van der Waals surface area contributed by atoms with Crippen LogP contribution in [0.4, 0.5) is 10.6 Å². The van der Waals surface area contributed by atoms with Gasteiger partial charge in [0, 0.05) is 38.3 Å². The number of hydrogen-bond acceptors (Lipinski definition) is 6. The van der Waals surface area contributed by atoms with Crippen molar-refractivity contribution < 1.29 is 9.53 Å². The minimum absolute atomic E-state index is 0.398. The van der Waals surface area contributed by atoms with Crippen LogP contribution in [0.2, 0.25) is 0 Å². The van der Waals surface area contributed by atoms with Gasteiger partial charge in [-0.3, -0.25) is 0 Å². The number of carbonyl (C=O) groups excluding carboxylic acids is 1. The molecule has 3 aromatic heterocycles. The third kappa shape index (κ3) is 4.52. The fourth-order valence-electron chi connectivity index (χ4n) is 3.75. The van der Waals surface area contributed by atoms with Crippen LogP contribution in [0.15, 0.2) is 36.7 Å². The number of fused-ring (bicyclic) bond motifs is 3. The predicted octanol–water partition coefficient (Wildman–Crippen LogP) is 3.34. The molecule has 0 aliphatic carbocycles. The molecule has 0 atom stereocenters. The second-order valence-corrected chi connectivity index (χ2v) is 8.06. The summed E-state index contributed by atoms with van der Waals surface area (Å²) in [7, 11) is 7.81. The number of aromatic nitrogens is 4. The molecule has 32 heavy (non-hydrogen) atoms. The van der Waals surface area contributed by atoms with E-state index in [-0.39, 0.29) is 0 Å². The van der Waals surface area contributed by atoms with Gasteiger partial charge < -0.3 is 29.8 Å².